The summed E-state index contributed by atoms with van der Waals surface area (Å²) in [5.41, 5.74) is 4.97. The molecular formula is C20H22N2O. The number of nitrogens with zero attached hydrogens (tertiary/aromatic N) is 2. The summed E-state index contributed by atoms with van der Waals surface area (Å²) in [6.07, 6.45) is 3.15. The zero-order valence-electron chi connectivity index (χ0n) is 13.5. The molecule has 0 unspecified atom stereocenters. The first-order valence-corrected chi connectivity index (χ1v) is 8.47. The molecule has 0 radical (unpaired) electrons. The fourth-order valence-electron chi connectivity index (χ4n) is 3.89. The van der Waals surface area contributed by atoms with Crippen molar-refractivity contribution in [3.63, 3.8) is 0 Å². The molecule has 2 aliphatic rings. The van der Waals surface area contributed by atoms with E-state index in [1.54, 1.807) is 0 Å². The van der Waals surface area contributed by atoms with Gasteiger partial charge in [-0.05, 0) is 49.4 Å². The summed E-state index contributed by atoms with van der Waals surface area (Å²) in [5.74, 6) is 0.209. The number of fused-ring (bicyclic) bond motifs is 2. The van der Waals surface area contributed by atoms with Crippen molar-refractivity contribution in [3.8, 4) is 0 Å². The summed E-state index contributed by atoms with van der Waals surface area (Å²) in [6.45, 7) is 3.50. The lowest BCUT2D eigenvalue weighted by atomic mass is 10.0. The first kappa shape index (κ1) is 14.3. The number of carbonyl (C=O) groups excluding carboxylic acids is 1. The van der Waals surface area contributed by atoms with Crippen LogP contribution in [0, 0.1) is 0 Å². The maximum Gasteiger partial charge on any atom is 0.246 e. The third-order valence-corrected chi connectivity index (χ3v) is 5.07. The monoisotopic (exact) mass is 306 g/mol. The lowest BCUT2D eigenvalue weighted by Gasteiger charge is -2.32. The Labute approximate surface area is 137 Å². The van der Waals surface area contributed by atoms with E-state index in [-0.39, 0.29) is 5.91 Å². The minimum Gasteiger partial charge on any atom is -0.359 e. The summed E-state index contributed by atoms with van der Waals surface area (Å²) < 4.78 is 0. The molecule has 0 N–H and O–H groups in total. The summed E-state index contributed by atoms with van der Waals surface area (Å²) in [6, 6.07) is 17.1. The molecule has 0 bridgehead atoms. The number of rotatable bonds is 2. The topological polar surface area (TPSA) is 23.6 Å². The quantitative estimate of drug-likeness (QED) is 0.849. The van der Waals surface area contributed by atoms with Crippen molar-refractivity contribution in [2.24, 2.45) is 0 Å². The summed E-state index contributed by atoms with van der Waals surface area (Å²) >= 11 is 0. The van der Waals surface area contributed by atoms with Crippen LogP contribution in [0.5, 0.6) is 0 Å². The van der Waals surface area contributed by atoms with Crippen molar-refractivity contribution in [2.45, 2.75) is 32.2 Å². The zero-order chi connectivity index (χ0) is 15.8. The fraction of sp³-hybridized carbons (Fsp3) is 0.350. The minimum absolute atomic E-state index is 0.209. The Morgan fingerprint density at radius 3 is 2.57 bits per heavy atom. The zero-order valence-corrected chi connectivity index (χ0v) is 13.5. The van der Waals surface area contributed by atoms with E-state index < -0.39 is 0 Å². The van der Waals surface area contributed by atoms with Gasteiger partial charge < -0.3 is 9.80 Å². The number of amides is 1. The van der Waals surface area contributed by atoms with Crippen LogP contribution in [0.15, 0.2) is 48.5 Å². The number of hydrogen-bond acceptors (Lipinski definition) is 2. The third-order valence-electron chi connectivity index (χ3n) is 5.07. The first-order valence-electron chi connectivity index (χ1n) is 8.47. The van der Waals surface area contributed by atoms with Crippen LogP contribution >= 0.6 is 0 Å². The van der Waals surface area contributed by atoms with Gasteiger partial charge in [0.25, 0.3) is 0 Å². The van der Waals surface area contributed by atoms with Crippen LogP contribution in [0.1, 0.15) is 24.5 Å². The molecule has 3 nitrogen and oxygen atoms in total. The van der Waals surface area contributed by atoms with Gasteiger partial charge in [-0.25, -0.2) is 0 Å². The van der Waals surface area contributed by atoms with Crippen molar-refractivity contribution in [1.82, 2.24) is 0 Å². The van der Waals surface area contributed by atoms with Crippen molar-refractivity contribution in [2.75, 3.05) is 22.9 Å². The van der Waals surface area contributed by atoms with Gasteiger partial charge in [0.2, 0.25) is 5.91 Å². The van der Waals surface area contributed by atoms with Gasteiger partial charge >= 0.3 is 0 Å². The second kappa shape index (κ2) is 5.73. The highest BCUT2D eigenvalue weighted by Gasteiger charge is 2.30. The molecule has 23 heavy (non-hydrogen) atoms. The number of aryl methyl sites for hydroxylation is 1. The average molecular weight is 306 g/mol. The van der Waals surface area contributed by atoms with Gasteiger partial charge in [-0.2, -0.15) is 0 Å². The predicted molar refractivity (Wildman–Crippen MR) is 94.1 cm³/mol. The van der Waals surface area contributed by atoms with E-state index in [1.165, 1.54) is 16.8 Å². The molecule has 1 amide bonds. The van der Waals surface area contributed by atoms with Crippen LogP contribution in [0.2, 0.25) is 0 Å². The van der Waals surface area contributed by atoms with Crippen LogP contribution in [-0.4, -0.2) is 25.0 Å². The molecule has 118 valence electrons. The molecule has 2 aliphatic heterocycles. The Morgan fingerprint density at radius 2 is 1.74 bits per heavy atom. The standard InChI is InChI=1S/C20H22N2O/c1-15-13-17-8-3-5-11-19(17)22(15)14-20(23)21-12-6-9-16-7-2-4-10-18(16)21/h2-5,7-8,10-11,15H,6,9,12-14H2,1H3/t15-/m0/s1. The highest BCUT2D eigenvalue weighted by atomic mass is 16.2. The smallest absolute Gasteiger partial charge is 0.246 e. The van der Waals surface area contributed by atoms with Crippen molar-refractivity contribution >= 4 is 17.3 Å². The molecule has 1 atom stereocenters. The average Bonchev–Trinajstić information content (AvgIpc) is 2.90. The Kier molecular flexibility index (Phi) is 3.56. The van der Waals surface area contributed by atoms with Crippen molar-refractivity contribution in [1.29, 1.82) is 0 Å². The lowest BCUT2D eigenvalue weighted by molar-refractivity contribution is -0.117. The highest BCUT2D eigenvalue weighted by molar-refractivity contribution is 5.97. The Balaban J connectivity index is 1.58. The maximum atomic E-state index is 13.0. The van der Waals surface area contributed by atoms with E-state index in [9.17, 15) is 4.79 Å². The van der Waals surface area contributed by atoms with Gasteiger partial charge in [0, 0.05) is 24.0 Å². The van der Waals surface area contributed by atoms with E-state index in [0.717, 1.165) is 31.5 Å². The van der Waals surface area contributed by atoms with Gasteiger partial charge in [0.05, 0.1) is 6.54 Å². The fourth-order valence-corrected chi connectivity index (χ4v) is 3.89. The summed E-state index contributed by atoms with van der Waals surface area (Å²) in [7, 11) is 0. The first-order chi connectivity index (χ1) is 11.2. The third kappa shape index (κ3) is 2.50. The summed E-state index contributed by atoms with van der Waals surface area (Å²) in [4.78, 5) is 17.2. The van der Waals surface area contributed by atoms with Gasteiger partial charge in [0.15, 0.2) is 0 Å². The molecule has 0 fully saturated rings. The molecule has 3 heteroatoms. The predicted octanol–water partition coefficient (Wildman–Crippen LogP) is 3.42. The van der Waals surface area contributed by atoms with E-state index in [2.05, 4.69) is 54.3 Å². The van der Waals surface area contributed by atoms with E-state index >= 15 is 0 Å². The van der Waals surface area contributed by atoms with Crippen LogP contribution in [0.4, 0.5) is 11.4 Å². The Bertz CT molecular complexity index is 740. The van der Waals surface area contributed by atoms with Crippen LogP contribution in [0.25, 0.3) is 0 Å². The minimum atomic E-state index is 0.209. The molecule has 4 rings (SSSR count). The molecule has 2 heterocycles. The second-order valence-electron chi connectivity index (χ2n) is 6.59. The second-order valence-corrected chi connectivity index (χ2v) is 6.59. The van der Waals surface area contributed by atoms with Crippen LogP contribution in [-0.2, 0) is 17.6 Å². The van der Waals surface area contributed by atoms with E-state index in [0.29, 0.717) is 12.6 Å². The number of para-hydroxylation sites is 2. The molecule has 0 saturated carbocycles. The Hall–Kier alpha value is -2.29. The van der Waals surface area contributed by atoms with Gasteiger partial charge in [0.1, 0.15) is 0 Å². The van der Waals surface area contributed by atoms with Gasteiger partial charge in [-0.15, -0.1) is 0 Å². The molecule has 0 aliphatic carbocycles. The number of hydrogen-bond donors (Lipinski definition) is 0. The van der Waals surface area contributed by atoms with Gasteiger partial charge in [-0.3, -0.25) is 4.79 Å². The maximum absolute atomic E-state index is 13.0. The molecule has 0 aromatic heterocycles. The van der Waals surface area contributed by atoms with E-state index in [4.69, 9.17) is 0 Å². The number of carbonyl (C=O) groups is 1. The van der Waals surface area contributed by atoms with Crippen LogP contribution in [0.3, 0.4) is 0 Å². The molecule has 2 aromatic carbocycles. The normalized spacial score (nSPS) is 19.4. The molecule has 2 aromatic rings. The number of anilines is 2. The molecule has 0 saturated heterocycles. The highest BCUT2D eigenvalue weighted by Crippen LogP contribution is 2.32. The largest absolute Gasteiger partial charge is 0.359 e. The SMILES string of the molecule is C[C@H]1Cc2ccccc2N1CC(=O)N1CCCc2ccccc21. The molecular weight excluding hydrogens is 284 g/mol. The molecule has 0 spiro atoms. The Morgan fingerprint density at radius 1 is 1.04 bits per heavy atom. The van der Waals surface area contributed by atoms with Crippen molar-refractivity contribution in [3.05, 3.63) is 59.7 Å². The summed E-state index contributed by atoms with van der Waals surface area (Å²) in [5, 5.41) is 0. The van der Waals surface area contributed by atoms with E-state index in [1.807, 2.05) is 11.0 Å². The van der Waals surface area contributed by atoms with Crippen molar-refractivity contribution < 1.29 is 4.79 Å². The van der Waals surface area contributed by atoms with Gasteiger partial charge in [-0.1, -0.05) is 36.4 Å². The van der Waals surface area contributed by atoms with Crippen LogP contribution < -0.4 is 9.80 Å². The number of benzene rings is 2. The lowest BCUT2D eigenvalue weighted by Crippen LogP contribution is -2.44.